The fraction of sp³-hybridized carbons (Fsp3) is 0.0508. The summed E-state index contributed by atoms with van der Waals surface area (Å²) >= 11 is 0. The predicted octanol–water partition coefficient (Wildman–Crippen LogP) is 15.7. The molecule has 0 atom stereocenters. The molecule has 0 spiro atoms. The monoisotopic (exact) mass is 776 g/mol. The second kappa shape index (κ2) is 14.5. The number of hydrogen-bond donors (Lipinski definition) is 0. The van der Waals surface area contributed by atoms with Crippen LogP contribution < -0.4 is 0 Å². The lowest BCUT2D eigenvalue weighted by Crippen LogP contribution is -1.97. The summed E-state index contributed by atoms with van der Waals surface area (Å²) < 4.78 is 0. The van der Waals surface area contributed by atoms with E-state index in [-0.39, 0.29) is 0 Å². The van der Waals surface area contributed by atoms with Crippen molar-refractivity contribution in [1.82, 2.24) is 9.97 Å². The highest BCUT2D eigenvalue weighted by atomic mass is 14.8. The van der Waals surface area contributed by atoms with Crippen molar-refractivity contribution in [3.63, 3.8) is 0 Å². The predicted molar refractivity (Wildman–Crippen MR) is 258 cm³/mol. The van der Waals surface area contributed by atoms with Gasteiger partial charge < -0.3 is 0 Å². The Labute approximate surface area is 355 Å². The summed E-state index contributed by atoms with van der Waals surface area (Å²) in [6, 6.07) is 73.0. The van der Waals surface area contributed by atoms with Crippen molar-refractivity contribution in [2.75, 3.05) is 0 Å². The summed E-state index contributed by atoms with van der Waals surface area (Å²) in [5.41, 5.74) is 16.3. The van der Waals surface area contributed by atoms with Gasteiger partial charge in [0.15, 0.2) is 0 Å². The average Bonchev–Trinajstić information content (AvgIpc) is 3.41. The SMILES string of the molecule is C1=C(/c2cccc(-c3c4ccccc4c(-c4ccc5ccc6ccc(-c7ccccc7)nc6c5n4)c4ccccc34)c2)c2ccc3ccccc3c2-c2ccccc2CCC/1. The molecule has 0 aliphatic heterocycles. The van der Waals surface area contributed by atoms with Crippen molar-refractivity contribution in [2.45, 2.75) is 19.3 Å². The van der Waals surface area contributed by atoms with Gasteiger partial charge in [0.25, 0.3) is 0 Å². The number of nitrogens with zero attached hydrogens (tertiary/aromatic N) is 2. The zero-order valence-corrected chi connectivity index (χ0v) is 33.6. The highest BCUT2D eigenvalue weighted by Gasteiger charge is 2.22. The van der Waals surface area contributed by atoms with Gasteiger partial charge in [-0.1, -0.05) is 188 Å². The molecule has 2 aromatic heterocycles. The first-order valence-corrected chi connectivity index (χ1v) is 21.4. The molecule has 1 aliphatic rings. The molecule has 0 saturated carbocycles. The van der Waals surface area contributed by atoms with Gasteiger partial charge in [-0.25, -0.2) is 9.97 Å². The van der Waals surface area contributed by atoms with Crippen LogP contribution in [0.15, 0.2) is 206 Å². The van der Waals surface area contributed by atoms with E-state index < -0.39 is 0 Å². The van der Waals surface area contributed by atoms with Gasteiger partial charge in [0.2, 0.25) is 0 Å². The first-order valence-electron chi connectivity index (χ1n) is 21.4. The van der Waals surface area contributed by atoms with Crippen LogP contribution in [-0.4, -0.2) is 9.97 Å². The molecule has 1 aliphatic carbocycles. The second-order valence-electron chi connectivity index (χ2n) is 16.3. The van der Waals surface area contributed by atoms with Gasteiger partial charge in [-0.15, -0.1) is 0 Å². The summed E-state index contributed by atoms with van der Waals surface area (Å²) in [5, 5.41) is 9.51. The molecule has 0 N–H and O–H groups in total. The number of pyridine rings is 2. The third-order valence-electron chi connectivity index (χ3n) is 12.7. The van der Waals surface area contributed by atoms with E-state index in [9.17, 15) is 0 Å². The highest BCUT2D eigenvalue weighted by molar-refractivity contribution is 6.21. The van der Waals surface area contributed by atoms with Crippen LogP contribution in [0.2, 0.25) is 0 Å². The summed E-state index contributed by atoms with van der Waals surface area (Å²) in [5.74, 6) is 0. The van der Waals surface area contributed by atoms with E-state index in [0.29, 0.717) is 0 Å². The zero-order chi connectivity index (χ0) is 40.3. The van der Waals surface area contributed by atoms with E-state index in [0.717, 1.165) is 63.6 Å². The zero-order valence-electron chi connectivity index (χ0n) is 33.6. The topological polar surface area (TPSA) is 25.8 Å². The number of aryl methyl sites for hydroxylation is 1. The van der Waals surface area contributed by atoms with Crippen LogP contribution in [0, 0.1) is 0 Å². The maximum atomic E-state index is 5.50. The third kappa shape index (κ3) is 5.94. The van der Waals surface area contributed by atoms with Crippen LogP contribution in [0.3, 0.4) is 0 Å². The van der Waals surface area contributed by atoms with E-state index in [4.69, 9.17) is 9.97 Å². The fourth-order valence-electron chi connectivity index (χ4n) is 9.92. The summed E-state index contributed by atoms with van der Waals surface area (Å²) in [7, 11) is 0. The molecule has 0 amide bonds. The second-order valence-corrected chi connectivity index (χ2v) is 16.3. The van der Waals surface area contributed by atoms with Crippen molar-refractivity contribution in [3.05, 3.63) is 223 Å². The first kappa shape index (κ1) is 35.3. The minimum atomic E-state index is 0.914. The minimum Gasteiger partial charge on any atom is -0.245 e. The number of fused-ring (bicyclic) bond motifs is 10. The van der Waals surface area contributed by atoms with Crippen LogP contribution in [0.1, 0.15) is 29.5 Å². The van der Waals surface area contributed by atoms with Crippen LogP contribution in [0.4, 0.5) is 0 Å². The molecule has 12 rings (SSSR count). The average molecular weight is 777 g/mol. The van der Waals surface area contributed by atoms with Crippen molar-refractivity contribution in [2.24, 2.45) is 0 Å². The van der Waals surface area contributed by atoms with Gasteiger partial charge in [-0.2, -0.15) is 0 Å². The number of hydrogen-bond acceptors (Lipinski definition) is 2. The van der Waals surface area contributed by atoms with E-state index in [1.807, 2.05) is 6.07 Å². The Balaban J connectivity index is 1.06. The van der Waals surface area contributed by atoms with Gasteiger partial charge in [0.1, 0.15) is 0 Å². The molecular weight excluding hydrogens is 737 g/mol. The maximum absolute atomic E-state index is 5.50. The van der Waals surface area contributed by atoms with E-state index in [2.05, 4.69) is 200 Å². The van der Waals surface area contributed by atoms with Crippen LogP contribution in [-0.2, 0) is 6.42 Å². The van der Waals surface area contributed by atoms with Gasteiger partial charge in [0, 0.05) is 21.9 Å². The van der Waals surface area contributed by atoms with Gasteiger partial charge >= 0.3 is 0 Å². The van der Waals surface area contributed by atoms with Gasteiger partial charge in [-0.3, -0.25) is 0 Å². The van der Waals surface area contributed by atoms with Crippen molar-refractivity contribution >= 4 is 59.7 Å². The van der Waals surface area contributed by atoms with E-state index >= 15 is 0 Å². The molecule has 2 heterocycles. The third-order valence-corrected chi connectivity index (χ3v) is 12.7. The fourth-order valence-corrected chi connectivity index (χ4v) is 9.92. The largest absolute Gasteiger partial charge is 0.245 e. The molecule has 0 bridgehead atoms. The normalized spacial score (nSPS) is 13.7. The van der Waals surface area contributed by atoms with Crippen molar-refractivity contribution in [1.29, 1.82) is 0 Å². The molecule has 9 aromatic carbocycles. The maximum Gasteiger partial charge on any atom is 0.0972 e. The first-order chi connectivity index (χ1) is 30.3. The lowest BCUT2D eigenvalue weighted by Gasteiger charge is -2.20. The van der Waals surface area contributed by atoms with Crippen LogP contribution >= 0.6 is 0 Å². The molecule has 286 valence electrons. The number of benzene rings is 9. The smallest absolute Gasteiger partial charge is 0.0972 e. The Bertz CT molecular complexity index is 3500. The number of aromatic nitrogens is 2. The highest BCUT2D eigenvalue weighted by Crippen LogP contribution is 2.46. The molecule has 11 aromatic rings. The Kier molecular flexibility index (Phi) is 8.41. The van der Waals surface area contributed by atoms with Crippen molar-refractivity contribution in [3.8, 4) is 44.8 Å². The molecule has 61 heavy (non-hydrogen) atoms. The molecule has 2 heteroatoms. The van der Waals surface area contributed by atoms with Crippen LogP contribution in [0.5, 0.6) is 0 Å². The summed E-state index contributed by atoms with van der Waals surface area (Å²) in [4.78, 5) is 10.7. The lowest BCUT2D eigenvalue weighted by atomic mass is 9.84. The lowest BCUT2D eigenvalue weighted by molar-refractivity contribution is 0.846. The summed E-state index contributed by atoms with van der Waals surface area (Å²) in [6.07, 6.45) is 5.66. The van der Waals surface area contributed by atoms with Crippen molar-refractivity contribution < 1.29 is 0 Å². The van der Waals surface area contributed by atoms with Crippen LogP contribution in [0.25, 0.3) is 104 Å². The Morgan fingerprint density at radius 2 is 0.902 bits per heavy atom. The van der Waals surface area contributed by atoms with E-state index in [1.165, 1.54) is 76.8 Å². The molecule has 2 nitrogen and oxygen atoms in total. The molecule has 0 unspecified atom stereocenters. The van der Waals surface area contributed by atoms with Gasteiger partial charge in [0.05, 0.1) is 22.4 Å². The number of rotatable bonds is 4. The summed E-state index contributed by atoms with van der Waals surface area (Å²) in [6.45, 7) is 0. The molecular formula is C59H40N2. The Hall–Kier alpha value is -7.68. The Morgan fingerprint density at radius 1 is 0.344 bits per heavy atom. The molecule has 0 radical (unpaired) electrons. The van der Waals surface area contributed by atoms with E-state index in [1.54, 1.807) is 0 Å². The number of allylic oxidation sites excluding steroid dienone is 1. The molecule has 0 saturated heterocycles. The standard InChI is InChI=1S/C59H40N2/c1-2-18-40(19-3-1)53-35-32-41-29-30-42-33-36-54(61-59(42)58(41)60-53)57-50-27-12-10-25-48(50)55(49-26-11-13-28-51(49)57)44-21-14-20-43(37-44)45-22-7-4-15-38-16-5-8-23-46(38)56-47-24-9-6-17-39(47)31-34-52(45)56/h1-3,5-6,8-14,16-37H,4,7,15H2/b45-22-. The quantitative estimate of drug-likeness (QED) is 0.131. The molecule has 0 fully saturated rings. The minimum absolute atomic E-state index is 0.914. The van der Waals surface area contributed by atoms with Gasteiger partial charge in [-0.05, 0) is 114 Å². The Morgan fingerprint density at radius 3 is 1.66 bits per heavy atom.